The number of hydrogen-bond acceptors (Lipinski definition) is 5. The number of nitrogens with zero attached hydrogens (tertiary/aromatic N) is 4. The van der Waals surface area contributed by atoms with Gasteiger partial charge < -0.3 is 5.32 Å². The highest BCUT2D eigenvalue weighted by Gasteiger charge is 2.34. The molecule has 1 saturated carbocycles. The maximum absolute atomic E-state index is 4.52. The van der Waals surface area contributed by atoms with Crippen LogP contribution in [0.15, 0.2) is 24.5 Å². The lowest BCUT2D eigenvalue weighted by Gasteiger charge is -2.16. The molecule has 1 aliphatic carbocycles. The largest absolute Gasteiger partial charge is 0.366 e. The van der Waals surface area contributed by atoms with Crippen LogP contribution in [0.25, 0.3) is 11.2 Å². The minimum atomic E-state index is 0.516. The first-order chi connectivity index (χ1) is 9.38. The molecule has 98 valence electrons. The van der Waals surface area contributed by atoms with Crippen molar-refractivity contribution in [3.8, 4) is 0 Å². The first kappa shape index (κ1) is 11.1. The molecule has 2 aliphatic rings. The fourth-order valence-corrected chi connectivity index (χ4v) is 2.82. The van der Waals surface area contributed by atoms with Crippen LogP contribution in [0.5, 0.6) is 0 Å². The summed E-state index contributed by atoms with van der Waals surface area (Å²) in [7, 11) is 0. The SMILES string of the molecule is c1cnc2nc(NC3CCN(C4CC4)C3)ccc2n1. The zero-order valence-corrected chi connectivity index (χ0v) is 10.8. The van der Waals surface area contributed by atoms with E-state index >= 15 is 0 Å². The Morgan fingerprint density at radius 1 is 1.11 bits per heavy atom. The molecule has 1 N–H and O–H groups in total. The standard InChI is InChI=1S/C14H17N5/c1-2-11(1)19-8-5-10(9-19)17-13-4-3-12-14(18-13)16-7-6-15-12/h3-4,6-7,10-11H,1-2,5,8-9H2,(H,16,17,18). The maximum Gasteiger partial charge on any atom is 0.180 e. The summed E-state index contributed by atoms with van der Waals surface area (Å²) >= 11 is 0. The molecular weight excluding hydrogens is 238 g/mol. The predicted octanol–water partition coefficient (Wildman–Crippen LogP) is 1.67. The van der Waals surface area contributed by atoms with E-state index in [1.165, 1.54) is 25.8 Å². The van der Waals surface area contributed by atoms with Crippen LogP contribution >= 0.6 is 0 Å². The van der Waals surface area contributed by atoms with Crippen molar-refractivity contribution in [2.75, 3.05) is 18.4 Å². The van der Waals surface area contributed by atoms with E-state index in [2.05, 4.69) is 25.2 Å². The van der Waals surface area contributed by atoms with E-state index in [1.54, 1.807) is 12.4 Å². The Hall–Kier alpha value is -1.75. The first-order valence-electron chi connectivity index (χ1n) is 6.97. The highest BCUT2D eigenvalue weighted by molar-refractivity contribution is 5.71. The number of fused-ring (bicyclic) bond motifs is 1. The Morgan fingerprint density at radius 2 is 2.00 bits per heavy atom. The van der Waals surface area contributed by atoms with Crippen LogP contribution in [0, 0.1) is 0 Å². The van der Waals surface area contributed by atoms with Crippen molar-refractivity contribution in [2.45, 2.75) is 31.3 Å². The van der Waals surface area contributed by atoms with Gasteiger partial charge in [0.2, 0.25) is 0 Å². The number of nitrogens with one attached hydrogen (secondary N) is 1. The zero-order chi connectivity index (χ0) is 12.7. The number of likely N-dealkylation sites (tertiary alicyclic amines) is 1. The molecule has 0 spiro atoms. The molecule has 0 bridgehead atoms. The van der Waals surface area contributed by atoms with E-state index in [0.29, 0.717) is 11.7 Å². The van der Waals surface area contributed by atoms with Gasteiger partial charge in [0.1, 0.15) is 11.3 Å². The summed E-state index contributed by atoms with van der Waals surface area (Å²) in [5.74, 6) is 0.913. The smallest absolute Gasteiger partial charge is 0.180 e. The van der Waals surface area contributed by atoms with E-state index in [4.69, 9.17) is 0 Å². The molecular formula is C14H17N5. The van der Waals surface area contributed by atoms with Gasteiger partial charge in [-0.15, -0.1) is 0 Å². The highest BCUT2D eigenvalue weighted by atomic mass is 15.2. The lowest BCUT2D eigenvalue weighted by Crippen LogP contribution is -2.27. The van der Waals surface area contributed by atoms with E-state index in [0.717, 1.165) is 23.9 Å². The molecule has 5 nitrogen and oxygen atoms in total. The second-order valence-electron chi connectivity index (χ2n) is 5.45. The number of aromatic nitrogens is 3. The molecule has 19 heavy (non-hydrogen) atoms. The summed E-state index contributed by atoms with van der Waals surface area (Å²) < 4.78 is 0. The molecule has 1 saturated heterocycles. The van der Waals surface area contributed by atoms with Crippen LogP contribution in [-0.4, -0.2) is 45.0 Å². The molecule has 2 fully saturated rings. The van der Waals surface area contributed by atoms with Gasteiger partial charge in [-0.2, -0.15) is 0 Å². The van der Waals surface area contributed by atoms with E-state index in [9.17, 15) is 0 Å². The molecule has 2 aromatic rings. The lowest BCUT2D eigenvalue weighted by molar-refractivity contribution is 0.326. The number of hydrogen-bond donors (Lipinski definition) is 1. The molecule has 5 heteroatoms. The van der Waals surface area contributed by atoms with Gasteiger partial charge in [-0.05, 0) is 31.4 Å². The molecule has 4 rings (SSSR count). The normalized spacial score (nSPS) is 23.9. The third-order valence-corrected chi connectivity index (χ3v) is 3.97. The summed E-state index contributed by atoms with van der Waals surface area (Å²) in [5, 5.41) is 3.53. The van der Waals surface area contributed by atoms with Crippen molar-refractivity contribution in [1.82, 2.24) is 19.9 Å². The predicted molar refractivity (Wildman–Crippen MR) is 74.0 cm³/mol. The van der Waals surface area contributed by atoms with E-state index in [1.807, 2.05) is 12.1 Å². The van der Waals surface area contributed by atoms with Gasteiger partial charge in [0, 0.05) is 37.6 Å². The van der Waals surface area contributed by atoms with Crippen molar-refractivity contribution in [2.24, 2.45) is 0 Å². The summed E-state index contributed by atoms with van der Waals surface area (Å²) in [6, 6.07) is 5.35. The molecule has 1 unspecified atom stereocenters. The highest BCUT2D eigenvalue weighted by Crippen LogP contribution is 2.30. The third-order valence-electron chi connectivity index (χ3n) is 3.97. The Kier molecular flexibility index (Phi) is 2.58. The molecule has 0 radical (unpaired) electrons. The first-order valence-corrected chi connectivity index (χ1v) is 6.97. The van der Waals surface area contributed by atoms with Crippen molar-refractivity contribution in [1.29, 1.82) is 0 Å². The third kappa shape index (κ3) is 2.26. The Balaban J connectivity index is 1.48. The van der Waals surface area contributed by atoms with Crippen molar-refractivity contribution in [3.05, 3.63) is 24.5 Å². The quantitative estimate of drug-likeness (QED) is 0.904. The summed E-state index contributed by atoms with van der Waals surface area (Å²) in [6.07, 6.45) is 7.36. The number of anilines is 1. The van der Waals surface area contributed by atoms with E-state index < -0.39 is 0 Å². The van der Waals surface area contributed by atoms with Gasteiger partial charge in [0.15, 0.2) is 5.65 Å². The molecule has 0 aromatic carbocycles. The van der Waals surface area contributed by atoms with Crippen LogP contribution in [0.1, 0.15) is 19.3 Å². The van der Waals surface area contributed by atoms with Crippen molar-refractivity contribution in [3.63, 3.8) is 0 Å². The summed E-state index contributed by atoms with van der Waals surface area (Å²) in [5.41, 5.74) is 1.56. The second kappa shape index (κ2) is 4.42. The minimum absolute atomic E-state index is 0.516. The van der Waals surface area contributed by atoms with E-state index in [-0.39, 0.29) is 0 Å². The van der Waals surface area contributed by atoms with Crippen LogP contribution in [0.4, 0.5) is 5.82 Å². The molecule has 0 amide bonds. The number of pyridine rings is 1. The molecule has 1 aliphatic heterocycles. The minimum Gasteiger partial charge on any atom is -0.366 e. The zero-order valence-electron chi connectivity index (χ0n) is 10.8. The topological polar surface area (TPSA) is 53.9 Å². The maximum atomic E-state index is 4.52. The fraction of sp³-hybridized carbons (Fsp3) is 0.500. The lowest BCUT2D eigenvalue weighted by atomic mass is 10.2. The summed E-state index contributed by atoms with van der Waals surface area (Å²) in [6.45, 7) is 2.36. The molecule has 3 heterocycles. The monoisotopic (exact) mass is 255 g/mol. The molecule has 2 aromatic heterocycles. The number of rotatable bonds is 3. The van der Waals surface area contributed by atoms with Gasteiger partial charge in [-0.1, -0.05) is 0 Å². The van der Waals surface area contributed by atoms with Crippen molar-refractivity contribution < 1.29 is 0 Å². The van der Waals surface area contributed by atoms with Gasteiger partial charge in [-0.25, -0.2) is 9.97 Å². The Labute approximate surface area is 112 Å². The van der Waals surface area contributed by atoms with Crippen LogP contribution in [-0.2, 0) is 0 Å². The molecule has 1 atom stereocenters. The van der Waals surface area contributed by atoms with Gasteiger partial charge in [0.25, 0.3) is 0 Å². The average Bonchev–Trinajstić information content (AvgIpc) is 3.20. The van der Waals surface area contributed by atoms with Crippen LogP contribution in [0.2, 0.25) is 0 Å². The van der Waals surface area contributed by atoms with Gasteiger partial charge in [-0.3, -0.25) is 9.88 Å². The van der Waals surface area contributed by atoms with Crippen LogP contribution < -0.4 is 5.32 Å². The Bertz CT molecular complexity index is 595. The second-order valence-corrected chi connectivity index (χ2v) is 5.45. The fourth-order valence-electron chi connectivity index (χ4n) is 2.82. The Morgan fingerprint density at radius 3 is 2.89 bits per heavy atom. The van der Waals surface area contributed by atoms with Gasteiger partial charge >= 0.3 is 0 Å². The summed E-state index contributed by atoms with van der Waals surface area (Å²) in [4.78, 5) is 15.6. The van der Waals surface area contributed by atoms with Crippen molar-refractivity contribution >= 4 is 17.0 Å². The van der Waals surface area contributed by atoms with Gasteiger partial charge in [0.05, 0.1) is 0 Å². The average molecular weight is 255 g/mol. The van der Waals surface area contributed by atoms with Crippen LogP contribution in [0.3, 0.4) is 0 Å².